The minimum Gasteiger partial charge on any atom is -0.328 e. The number of fused-ring (bicyclic) bond motifs is 1. The number of carbonyl (C=O) groups excluding carboxylic acids is 1. The zero-order chi connectivity index (χ0) is 27.0. The van der Waals surface area contributed by atoms with Gasteiger partial charge in [-0.3, -0.25) is 14.7 Å². The number of aromatic nitrogens is 6. The fourth-order valence-corrected chi connectivity index (χ4v) is 5.13. The summed E-state index contributed by atoms with van der Waals surface area (Å²) in [5.41, 5.74) is 2.61. The Kier molecular flexibility index (Phi) is 7.25. The molecule has 3 aromatic rings. The number of carbonyl (C=O) groups is 1. The number of halogens is 3. The second-order valence-corrected chi connectivity index (χ2v) is 10.3. The normalized spacial score (nSPS) is 11.4. The second-order valence-electron chi connectivity index (χ2n) is 9.03. The van der Waals surface area contributed by atoms with E-state index >= 15 is 0 Å². The highest BCUT2D eigenvalue weighted by Crippen LogP contribution is 2.36. The molecule has 0 radical (unpaired) electrons. The lowest BCUT2D eigenvalue weighted by Crippen LogP contribution is -2.18. The minimum absolute atomic E-state index is 0.0118. The summed E-state index contributed by atoms with van der Waals surface area (Å²) >= 11 is 19.1. The van der Waals surface area contributed by atoms with Gasteiger partial charge in [-0.05, 0) is 35.7 Å². The number of amides is 1. The summed E-state index contributed by atoms with van der Waals surface area (Å²) in [6.07, 6.45) is 5.22. The maximum absolute atomic E-state index is 13.2. The van der Waals surface area contributed by atoms with Crippen molar-refractivity contribution in [2.75, 3.05) is 5.32 Å². The summed E-state index contributed by atoms with van der Waals surface area (Å²) in [4.78, 5) is 38.3. The van der Waals surface area contributed by atoms with E-state index in [2.05, 4.69) is 20.4 Å². The van der Waals surface area contributed by atoms with Crippen molar-refractivity contribution < 1.29 is 4.79 Å². The van der Waals surface area contributed by atoms with Crippen LogP contribution in [0.5, 0.6) is 0 Å². The van der Waals surface area contributed by atoms with Gasteiger partial charge in [0.25, 0.3) is 5.56 Å². The van der Waals surface area contributed by atoms with Crippen molar-refractivity contribution in [3.63, 3.8) is 0 Å². The van der Waals surface area contributed by atoms with Gasteiger partial charge in [0.2, 0.25) is 5.91 Å². The third-order valence-corrected chi connectivity index (χ3v) is 6.68. The van der Waals surface area contributed by atoms with Crippen LogP contribution >= 0.6 is 34.8 Å². The predicted molar refractivity (Wildman–Crippen MR) is 148 cm³/mol. The Bertz CT molecular complexity index is 1620. The molecule has 0 saturated heterocycles. The minimum atomic E-state index is -0.395. The van der Waals surface area contributed by atoms with Gasteiger partial charge in [0.1, 0.15) is 23.6 Å². The number of anilines is 1. The number of nitrogens with zero attached hydrogens (tertiary/aromatic N) is 5. The van der Waals surface area contributed by atoms with Gasteiger partial charge in [-0.15, -0.1) is 0 Å². The van der Waals surface area contributed by atoms with Crippen LogP contribution in [-0.4, -0.2) is 35.2 Å². The van der Waals surface area contributed by atoms with E-state index in [4.69, 9.17) is 39.8 Å². The molecular formula is C26H22Cl3N7O2. The van der Waals surface area contributed by atoms with Crippen LogP contribution in [0.15, 0.2) is 59.9 Å². The average molecular weight is 571 g/mol. The molecule has 12 heteroatoms. The maximum Gasteiger partial charge on any atom is 0.284 e. The van der Waals surface area contributed by atoms with Crippen molar-refractivity contribution in [1.29, 1.82) is 0 Å². The quantitative estimate of drug-likeness (QED) is 0.266. The van der Waals surface area contributed by atoms with Crippen LogP contribution in [0.3, 0.4) is 0 Å². The van der Waals surface area contributed by atoms with Crippen LogP contribution in [0.4, 0.5) is 5.69 Å². The van der Waals surface area contributed by atoms with Gasteiger partial charge in [-0.25, -0.2) is 14.6 Å². The first-order chi connectivity index (χ1) is 18.2. The molecule has 1 aromatic heterocycles. The number of nitrogens with one attached hydrogen (secondary N) is 2. The molecule has 194 valence electrons. The molecule has 38 heavy (non-hydrogen) atoms. The monoisotopic (exact) mass is 569 g/mol. The average Bonchev–Trinajstić information content (AvgIpc) is 3.48. The number of imidazole rings is 1. The van der Waals surface area contributed by atoms with Gasteiger partial charge in [0.15, 0.2) is 5.82 Å². The molecule has 5 rings (SSSR count). The lowest BCUT2D eigenvalue weighted by atomic mass is 10.1. The van der Waals surface area contributed by atoms with E-state index < -0.39 is 5.56 Å². The van der Waals surface area contributed by atoms with Gasteiger partial charge in [0, 0.05) is 29.5 Å². The first-order valence-electron chi connectivity index (χ1n) is 11.7. The number of rotatable bonds is 7. The number of H-pyrrole nitrogens is 1. The zero-order valence-corrected chi connectivity index (χ0v) is 22.6. The van der Waals surface area contributed by atoms with Gasteiger partial charge < -0.3 is 9.88 Å². The highest BCUT2D eigenvalue weighted by molar-refractivity contribution is 6.40. The van der Waals surface area contributed by atoms with Crippen LogP contribution in [0.25, 0.3) is 17.1 Å². The van der Waals surface area contributed by atoms with E-state index in [9.17, 15) is 9.59 Å². The Morgan fingerprint density at radius 1 is 1.08 bits per heavy atom. The van der Waals surface area contributed by atoms with E-state index in [1.165, 1.54) is 0 Å². The predicted octanol–water partition coefficient (Wildman–Crippen LogP) is 5.57. The van der Waals surface area contributed by atoms with E-state index in [0.717, 1.165) is 5.56 Å². The van der Waals surface area contributed by atoms with Crippen LogP contribution in [0.2, 0.25) is 15.1 Å². The largest absolute Gasteiger partial charge is 0.328 e. The fourth-order valence-electron chi connectivity index (χ4n) is 4.14. The molecule has 0 fully saturated rings. The maximum atomic E-state index is 13.2. The molecule has 3 heterocycles. The summed E-state index contributed by atoms with van der Waals surface area (Å²) in [5.74, 6) is 0.530. The molecule has 0 saturated carbocycles. The van der Waals surface area contributed by atoms with E-state index in [0.29, 0.717) is 55.8 Å². The van der Waals surface area contributed by atoms with Gasteiger partial charge >= 0.3 is 0 Å². The summed E-state index contributed by atoms with van der Waals surface area (Å²) in [7, 11) is 0. The van der Waals surface area contributed by atoms with Crippen molar-refractivity contribution in [2.24, 2.45) is 0 Å². The molecule has 0 unspecified atom stereocenters. The van der Waals surface area contributed by atoms with Gasteiger partial charge in [-0.1, -0.05) is 60.8 Å². The van der Waals surface area contributed by atoms with Crippen LogP contribution in [0.1, 0.15) is 36.8 Å². The van der Waals surface area contributed by atoms with Crippen molar-refractivity contribution in [2.45, 2.75) is 32.7 Å². The van der Waals surface area contributed by atoms with E-state index in [-0.39, 0.29) is 18.4 Å². The highest BCUT2D eigenvalue weighted by atomic mass is 35.5. The van der Waals surface area contributed by atoms with Crippen molar-refractivity contribution in [3.05, 3.63) is 97.6 Å². The third-order valence-electron chi connectivity index (χ3n) is 5.88. The SMILES string of the molecule is CC(C)c1[nH]n(-c2c(Cl)cc(Cl)cc2Cl)c2nc(Cc3ccc(NC(=O)Cn4ccnc4)cc3)nc(=O)c1-2. The number of hydrogen-bond acceptors (Lipinski definition) is 5. The summed E-state index contributed by atoms with van der Waals surface area (Å²) < 4.78 is 3.29. The van der Waals surface area contributed by atoms with Gasteiger partial charge in [-0.2, -0.15) is 4.98 Å². The molecule has 0 atom stereocenters. The molecule has 0 spiro atoms. The second kappa shape index (κ2) is 10.6. The van der Waals surface area contributed by atoms with Crippen molar-refractivity contribution >= 4 is 46.4 Å². The van der Waals surface area contributed by atoms with Crippen molar-refractivity contribution in [1.82, 2.24) is 29.3 Å². The van der Waals surface area contributed by atoms with Gasteiger partial charge in [0.05, 0.1) is 22.1 Å². The first-order valence-corrected chi connectivity index (χ1v) is 12.8. The third kappa shape index (κ3) is 5.31. The zero-order valence-electron chi connectivity index (χ0n) is 20.4. The smallest absolute Gasteiger partial charge is 0.284 e. The molecule has 1 amide bonds. The lowest BCUT2D eigenvalue weighted by Gasteiger charge is -2.12. The number of aromatic amines is 1. The number of hydrogen-bond donors (Lipinski definition) is 2. The summed E-state index contributed by atoms with van der Waals surface area (Å²) in [5, 5.41) is 7.10. The first kappa shape index (κ1) is 26.0. The number of benzene rings is 2. The molecule has 0 aliphatic carbocycles. The molecule has 2 N–H and O–H groups in total. The van der Waals surface area contributed by atoms with E-state index in [1.807, 2.05) is 26.0 Å². The molecule has 2 aromatic carbocycles. The topological polar surface area (TPSA) is 110 Å². The molecule has 0 bridgehead atoms. The lowest BCUT2D eigenvalue weighted by molar-refractivity contribution is -0.116. The molecule has 2 aliphatic rings. The Morgan fingerprint density at radius 3 is 2.42 bits per heavy atom. The van der Waals surface area contributed by atoms with Crippen LogP contribution in [0, 0.1) is 0 Å². The molecular weight excluding hydrogens is 549 g/mol. The van der Waals surface area contributed by atoms with E-state index in [1.54, 1.807) is 52.2 Å². The standard InChI is InChI=1S/C26H22Cl3N7O2/c1-14(2)23-22-25(36(34-23)24-18(28)10-16(27)11-19(24)29)32-20(33-26(22)38)9-15-3-5-17(6-4-15)31-21(37)12-35-8-7-30-13-35/h3-8,10-11,13-14,34H,9,12H2,1-2H3,(H,31,37). The molecule has 9 nitrogen and oxygen atoms in total. The Hall–Kier alpha value is -3.66. The Labute approximate surface area is 232 Å². The van der Waals surface area contributed by atoms with Crippen molar-refractivity contribution in [3.8, 4) is 17.1 Å². The highest BCUT2D eigenvalue weighted by Gasteiger charge is 2.27. The van der Waals surface area contributed by atoms with Crippen LogP contribution in [-0.2, 0) is 17.8 Å². The Balaban J connectivity index is 1.45. The Morgan fingerprint density at radius 2 is 1.79 bits per heavy atom. The molecule has 2 aliphatic heterocycles. The summed E-state index contributed by atoms with van der Waals surface area (Å²) in [6.45, 7) is 4.09. The fraction of sp³-hybridized carbons (Fsp3) is 0.192. The summed E-state index contributed by atoms with van der Waals surface area (Å²) in [6, 6.07) is 10.4. The van der Waals surface area contributed by atoms with Crippen LogP contribution < -0.4 is 10.9 Å².